The molecule has 0 aliphatic carbocycles. The monoisotopic (exact) mass is 428 g/mol. The van der Waals surface area contributed by atoms with Crippen molar-refractivity contribution in [2.45, 2.75) is 18.0 Å². The number of nitrogens with two attached hydrogens (primary N) is 1. The lowest BCUT2D eigenvalue weighted by Gasteiger charge is -2.13. The molecule has 2 aromatic rings. The van der Waals surface area contributed by atoms with Gasteiger partial charge in [-0.05, 0) is 48.5 Å². The number of anilines is 1. The van der Waals surface area contributed by atoms with Gasteiger partial charge in [0.2, 0.25) is 11.8 Å². The summed E-state index contributed by atoms with van der Waals surface area (Å²) >= 11 is 1.38. The van der Waals surface area contributed by atoms with Crippen molar-refractivity contribution in [3.63, 3.8) is 0 Å². The van der Waals surface area contributed by atoms with Crippen LogP contribution in [-0.2, 0) is 15.8 Å². The number of benzene rings is 2. The first-order valence-electron chi connectivity index (χ1n) is 8.31. The number of rotatable bonds is 6. The molecule has 2 aromatic carbocycles. The van der Waals surface area contributed by atoms with Crippen LogP contribution in [0.3, 0.4) is 0 Å². The van der Waals surface area contributed by atoms with Gasteiger partial charge in [0.05, 0.1) is 5.56 Å². The number of alkyl halides is 3. The predicted molar refractivity (Wildman–Crippen MR) is 106 cm³/mol. The van der Waals surface area contributed by atoms with Crippen LogP contribution < -0.4 is 11.1 Å². The van der Waals surface area contributed by atoms with Gasteiger partial charge in [0.15, 0.2) is 0 Å². The molecular formula is C20H20F4N2O2S. The second-order valence-corrected chi connectivity index (χ2v) is 6.93. The Kier molecular flexibility index (Phi) is 9.40. The molecule has 1 atom stereocenters. The van der Waals surface area contributed by atoms with E-state index in [4.69, 9.17) is 0 Å². The van der Waals surface area contributed by atoms with Crippen molar-refractivity contribution in [3.05, 3.63) is 72.6 Å². The van der Waals surface area contributed by atoms with Crippen LogP contribution in [0.4, 0.5) is 23.2 Å². The summed E-state index contributed by atoms with van der Waals surface area (Å²) in [5.74, 6) is -1.19. The third-order valence-electron chi connectivity index (χ3n) is 3.42. The Balaban J connectivity index is 0.000000749. The van der Waals surface area contributed by atoms with Crippen molar-refractivity contribution >= 4 is 29.3 Å². The maximum Gasteiger partial charge on any atom is 0.416 e. The SMILES string of the molecule is C=CC(N)=O.CC(CSc1ccc(F)cc1)C(=O)Nc1cccc(C(F)(F)F)c1. The first kappa shape index (κ1) is 24.2. The maximum absolute atomic E-state index is 12.8. The molecule has 0 radical (unpaired) electrons. The van der Waals surface area contributed by atoms with Crippen LogP contribution >= 0.6 is 11.8 Å². The lowest BCUT2D eigenvalue weighted by atomic mass is 10.1. The molecule has 1 unspecified atom stereocenters. The summed E-state index contributed by atoms with van der Waals surface area (Å²) in [6, 6.07) is 10.4. The van der Waals surface area contributed by atoms with E-state index in [1.165, 1.54) is 36.0 Å². The van der Waals surface area contributed by atoms with Crippen LogP contribution in [0.5, 0.6) is 0 Å². The number of primary amides is 1. The average Bonchev–Trinajstić information content (AvgIpc) is 2.67. The molecule has 156 valence electrons. The van der Waals surface area contributed by atoms with E-state index in [1.807, 2.05) is 0 Å². The quantitative estimate of drug-likeness (QED) is 0.392. The second kappa shape index (κ2) is 11.3. The summed E-state index contributed by atoms with van der Waals surface area (Å²) in [5, 5.41) is 2.49. The Morgan fingerprint density at radius 1 is 1.21 bits per heavy atom. The molecule has 0 spiro atoms. The van der Waals surface area contributed by atoms with Crippen molar-refractivity contribution in [2.24, 2.45) is 11.7 Å². The van der Waals surface area contributed by atoms with E-state index in [9.17, 15) is 27.2 Å². The van der Waals surface area contributed by atoms with Gasteiger partial charge >= 0.3 is 6.18 Å². The van der Waals surface area contributed by atoms with Crippen LogP contribution in [0.15, 0.2) is 66.1 Å². The van der Waals surface area contributed by atoms with E-state index >= 15 is 0 Å². The molecule has 2 rings (SSSR count). The molecular weight excluding hydrogens is 408 g/mol. The van der Waals surface area contributed by atoms with Gasteiger partial charge in [-0.25, -0.2) is 4.39 Å². The summed E-state index contributed by atoms with van der Waals surface area (Å²) in [4.78, 5) is 22.4. The molecule has 29 heavy (non-hydrogen) atoms. The van der Waals surface area contributed by atoms with E-state index in [2.05, 4.69) is 17.6 Å². The zero-order valence-electron chi connectivity index (χ0n) is 15.5. The van der Waals surface area contributed by atoms with Gasteiger partial charge in [0.25, 0.3) is 0 Å². The fourth-order valence-corrected chi connectivity index (χ4v) is 2.79. The van der Waals surface area contributed by atoms with Crippen LogP contribution in [0.25, 0.3) is 0 Å². The molecule has 4 nitrogen and oxygen atoms in total. The van der Waals surface area contributed by atoms with Crippen molar-refractivity contribution in [1.29, 1.82) is 0 Å². The maximum atomic E-state index is 12.8. The van der Waals surface area contributed by atoms with Gasteiger partial charge in [0, 0.05) is 22.3 Å². The van der Waals surface area contributed by atoms with Crippen molar-refractivity contribution < 1.29 is 27.2 Å². The summed E-state index contributed by atoms with van der Waals surface area (Å²) in [5.41, 5.74) is 3.83. The number of halogens is 4. The minimum Gasteiger partial charge on any atom is -0.366 e. The average molecular weight is 428 g/mol. The first-order chi connectivity index (χ1) is 13.5. The van der Waals surface area contributed by atoms with E-state index in [0.29, 0.717) is 5.75 Å². The number of carbonyl (C=O) groups is 2. The lowest BCUT2D eigenvalue weighted by molar-refractivity contribution is -0.137. The fraction of sp³-hybridized carbons (Fsp3) is 0.200. The van der Waals surface area contributed by atoms with Crippen molar-refractivity contribution in [3.8, 4) is 0 Å². The Morgan fingerprint density at radius 3 is 2.31 bits per heavy atom. The fourth-order valence-electron chi connectivity index (χ4n) is 1.87. The number of hydrogen-bond donors (Lipinski definition) is 2. The summed E-state index contributed by atoms with van der Waals surface area (Å²) in [7, 11) is 0. The highest BCUT2D eigenvalue weighted by Gasteiger charge is 2.30. The third-order valence-corrected chi connectivity index (χ3v) is 4.69. The van der Waals surface area contributed by atoms with Gasteiger partial charge in [-0.2, -0.15) is 13.2 Å². The first-order valence-corrected chi connectivity index (χ1v) is 9.30. The second-order valence-electron chi connectivity index (χ2n) is 5.84. The molecule has 0 bridgehead atoms. The topological polar surface area (TPSA) is 72.2 Å². The van der Waals surface area contributed by atoms with Gasteiger partial charge < -0.3 is 11.1 Å². The molecule has 0 saturated heterocycles. The van der Waals surface area contributed by atoms with E-state index in [-0.39, 0.29) is 17.4 Å². The molecule has 0 aliphatic heterocycles. The molecule has 3 N–H and O–H groups in total. The van der Waals surface area contributed by atoms with E-state index in [1.54, 1.807) is 19.1 Å². The Bertz CT molecular complexity index is 839. The minimum atomic E-state index is -4.45. The Morgan fingerprint density at radius 2 is 1.79 bits per heavy atom. The predicted octanol–water partition coefficient (Wildman–Crippen LogP) is 4.87. The summed E-state index contributed by atoms with van der Waals surface area (Å²) in [6.07, 6.45) is -3.40. The Hall–Kier alpha value is -2.81. The lowest BCUT2D eigenvalue weighted by Crippen LogP contribution is -2.22. The highest BCUT2D eigenvalue weighted by atomic mass is 32.2. The zero-order valence-corrected chi connectivity index (χ0v) is 16.3. The molecule has 2 amide bonds. The number of nitrogens with one attached hydrogen (secondary N) is 1. The Labute approximate surface area is 170 Å². The smallest absolute Gasteiger partial charge is 0.366 e. The van der Waals surface area contributed by atoms with Crippen molar-refractivity contribution in [2.75, 3.05) is 11.1 Å². The number of hydrogen-bond acceptors (Lipinski definition) is 3. The summed E-state index contributed by atoms with van der Waals surface area (Å²) in [6.45, 7) is 4.77. The number of thioether (sulfide) groups is 1. The van der Waals surface area contributed by atoms with Crippen LogP contribution in [0.2, 0.25) is 0 Å². The summed E-state index contributed by atoms with van der Waals surface area (Å²) < 4.78 is 50.8. The van der Waals surface area contributed by atoms with E-state index < -0.39 is 23.6 Å². The number of amides is 2. The molecule has 0 saturated carbocycles. The highest BCUT2D eigenvalue weighted by Crippen LogP contribution is 2.31. The zero-order chi connectivity index (χ0) is 22.0. The normalized spacial score (nSPS) is 11.6. The highest BCUT2D eigenvalue weighted by molar-refractivity contribution is 7.99. The van der Waals surface area contributed by atoms with Gasteiger partial charge in [-0.1, -0.05) is 19.6 Å². The van der Waals surface area contributed by atoms with E-state index in [0.717, 1.165) is 23.1 Å². The molecule has 0 fully saturated rings. The number of carbonyl (C=O) groups excluding carboxylic acids is 2. The minimum absolute atomic E-state index is 0.105. The van der Waals surface area contributed by atoms with Gasteiger partial charge in [0.1, 0.15) is 5.82 Å². The molecule has 0 aliphatic rings. The van der Waals surface area contributed by atoms with Crippen LogP contribution in [0, 0.1) is 11.7 Å². The third kappa shape index (κ3) is 9.29. The molecule has 0 heterocycles. The molecule has 0 aromatic heterocycles. The molecule has 9 heteroatoms. The van der Waals surface area contributed by atoms with Gasteiger partial charge in [-0.15, -0.1) is 11.8 Å². The largest absolute Gasteiger partial charge is 0.416 e. The van der Waals surface area contributed by atoms with Crippen molar-refractivity contribution in [1.82, 2.24) is 0 Å². The standard InChI is InChI=1S/C17H15F4NOS.C3H5NO/c1-11(10-24-15-7-5-13(18)6-8-15)16(23)22-14-4-2-3-12(9-14)17(19,20)21;1-2-3(4)5/h2-9,11H,10H2,1H3,(H,22,23);2H,1H2,(H2,4,5). The van der Waals surface area contributed by atoms with Crippen LogP contribution in [-0.4, -0.2) is 17.6 Å². The van der Waals surface area contributed by atoms with Gasteiger partial charge in [-0.3, -0.25) is 9.59 Å². The van der Waals surface area contributed by atoms with Crippen LogP contribution in [0.1, 0.15) is 12.5 Å².